The molecule has 5 unspecified atom stereocenters. The zero-order chi connectivity index (χ0) is 30.7. The summed E-state index contributed by atoms with van der Waals surface area (Å²) >= 11 is 3.09. The summed E-state index contributed by atoms with van der Waals surface area (Å²) < 4.78 is 3.21. The number of allylic oxidation sites excluding steroid dienone is 3. The lowest BCUT2D eigenvalue weighted by molar-refractivity contribution is -0.177. The van der Waals surface area contributed by atoms with Gasteiger partial charge in [-0.25, -0.2) is 0 Å². The lowest BCUT2D eigenvalue weighted by atomic mass is 9.45. The molecule has 43 heavy (non-hydrogen) atoms. The van der Waals surface area contributed by atoms with E-state index in [4.69, 9.17) is 5.10 Å². The van der Waals surface area contributed by atoms with Crippen molar-refractivity contribution in [1.82, 2.24) is 9.78 Å². The first-order valence-corrected chi connectivity index (χ1v) is 18.6. The molecule has 0 bridgehead atoms. The fourth-order valence-electron chi connectivity index (χ4n) is 10.1. The average Bonchev–Trinajstić information content (AvgIpc) is 3.51. The fourth-order valence-corrected chi connectivity index (χ4v) is 12.1. The molecule has 5 aliphatic rings. The number of nitrogens with zero attached hydrogens (tertiary/aromatic N) is 2. The van der Waals surface area contributed by atoms with Gasteiger partial charge >= 0.3 is 0 Å². The maximum atomic E-state index is 13.8. The van der Waals surface area contributed by atoms with Crippen molar-refractivity contribution in [2.24, 2.45) is 28.6 Å². The summed E-state index contributed by atoms with van der Waals surface area (Å²) in [6.07, 6.45) is 16.2. The van der Waals surface area contributed by atoms with Gasteiger partial charge in [0.05, 0.1) is 29.8 Å². The number of Topliss-reactive ketones (excluding diaryl/α,β-unsaturated/α-hetero) is 1. The molecule has 1 aromatic rings. The third kappa shape index (κ3) is 5.16. The van der Waals surface area contributed by atoms with E-state index < -0.39 is 17.1 Å². The number of ketones is 1. The summed E-state index contributed by atoms with van der Waals surface area (Å²) in [5, 5.41) is 29.1. The molecular formula is C36H52N2O3S2. The van der Waals surface area contributed by atoms with Crippen LogP contribution in [0.25, 0.3) is 6.08 Å². The van der Waals surface area contributed by atoms with E-state index in [1.165, 1.54) is 71.2 Å². The average molecular weight is 625 g/mol. The van der Waals surface area contributed by atoms with Crippen LogP contribution in [0.2, 0.25) is 0 Å². The van der Waals surface area contributed by atoms with Gasteiger partial charge in [0.25, 0.3) is 0 Å². The molecule has 1 heterocycles. The molecule has 0 spiro atoms. The number of hydrogen-bond acceptors (Lipinski definition) is 6. The van der Waals surface area contributed by atoms with Crippen LogP contribution in [0.3, 0.4) is 0 Å². The molecule has 0 saturated heterocycles. The standard InChI is InChI=1S/C36H52N2O3S2/c1-7-22(2)23(3)43-24(4)42-21-32(40)36(41)16-15-29-28-14-13-26-17-30-25(20-37-38(30)27-11-9-8-10-12-27)18-34(26,5)33(28)31(39)19-35(29,36)6/h17,20,27-29,31,33,39,41H,4,7-16,18-19,21H2,1-3,5-6H3/b23-22+/t28?,29?,31-,33?,34?,35?,36-/m0/s1. The molecule has 7 atom stereocenters. The first-order chi connectivity index (χ1) is 20.4. The van der Waals surface area contributed by atoms with Crippen LogP contribution in [0.1, 0.15) is 123 Å². The van der Waals surface area contributed by atoms with Crippen LogP contribution < -0.4 is 0 Å². The summed E-state index contributed by atoms with van der Waals surface area (Å²) in [7, 11) is 0. The first-order valence-electron chi connectivity index (χ1n) is 16.8. The van der Waals surface area contributed by atoms with Crippen molar-refractivity contribution >= 4 is 35.4 Å². The highest BCUT2D eigenvalue weighted by molar-refractivity contribution is 8.24. The predicted molar refractivity (Wildman–Crippen MR) is 180 cm³/mol. The smallest absolute Gasteiger partial charge is 0.175 e. The second-order valence-corrected chi connectivity index (χ2v) is 17.5. The predicted octanol–water partition coefficient (Wildman–Crippen LogP) is 8.48. The van der Waals surface area contributed by atoms with Crippen LogP contribution in [0.4, 0.5) is 0 Å². The Morgan fingerprint density at radius 2 is 1.91 bits per heavy atom. The highest BCUT2D eigenvalue weighted by Gasteiger charge is 2.68. The third-order valence-corrected chi connectivity index (χ3v) is 15.0. The number of rotatable bonds is 8. The molecule has 6 rings (SSSR count). The maximum Gasteiger partial charge on any atom is 0.175 e. The Hall–Kier alpha value is -1.28. The molecule has 4 saturated carbocycles. The number of aromatic nitrogens is 2. The second kappa shape index (κ2) is 11.8. The van der Waals surface area contributed by atoms with Crippen molar-refractivity contribution in [2.75, 3.05) is 5.75 Å². The SMILES string of the molecule is C=C(SCC(=O)[C@@]1(O)CCC2C3CCC4=Cc5c(cnn5C5CCCCC5)CC4(C)C3[C@@H](O)CC21C)S/C(C)=C(\C)CC. The lowest BCUT2D eigenvalue weighted by Crippen LogP contribution is -2.62. The quantitative estimate of drug-likeness (QED) is 0.302. The first kappa shape index (κ1) is 31.7. The highest BCUT2D eigenvalue weighted by atomic mass is 32.2. The molecule has 5 aliphatic carbocycles. The van der Waals surface area contributed by atoms with Gasteiger partial charge in [0, 0.05) is 9.65 Å². The van der Waals surface area contributed by atoms with Gasteiger partial charge < -0.3 is 10.2 Å². The largest absolute Gasteiger partial charge is 0.393 e. The summed E-state index contributed by atoms with van der Waals surface area (Å²) in [6, 6.07) is 0.514. The van der Waals surface area contributed by atoms with Crippen LogP contribution >= 0.6 is 23.5 Å². The summed E-state index contributed by atoms with van der Waals surface area (Å²) in [5.41, 5.74) is 3.31. The van der Waals surface area contributed by atoms with Crippen LogP contribution in [0, 0.1) is 28.6 Å². The minimum atomic E-state index is -1.40. The monoisotopic (exact) mass is 624 g/mol. The second-order valence-electron chi connectivity index (χ2n) is 14.9. The highest BCUT2D eigenvalue weighted by Crippen LogP contribution is 2.67. The van der Waals surface area contributed by atoms with Gasteiger partial charge in [-0.1, -0.05) is 69.5 Å². The van der Waals surface area contributed by atoms with Gasteiger partial charge in [0.15, 0.2) is 5.78 Å². The summed E-state index contributed by atoms with van der Waals surface area (Å²) in [4.78, 5) is 15.0. The van der Waals surface area contributed by atoms with Crippen molar-refractivity contribution in [3.8, 4) is 0 Å². The van der Waals surface area contributed by atoms with Crippen LogP contribution in [-0.2, 0) is 11.2 Å². The third-order valence-electron chi connectivity index (χ3n) is 12.7. The topological polar surface area (TPSA) is 75.3 Å². The zero-order valence-corrected chi connectivity index (χ0v) is 28.6. The Balaban J connectivity index is 1.20. The van der Waals surface area contributed by atoms with Gasteiger partial charge in [0.1, 0.15) is 5.60 Å². The van der Waals surface area contributed by atoms with E-state index in [0.717, 1.165) is 36.3 Å². The number of aliphatic hydroxyl groups is 2. The minimum Gasteiger partial charge on any atom is -0.393 e. The number of carbonyl (C=O) groups is 1. The number of aliphatic hydroxyl groups excluding tert-OH is 1. The van der Waals surface area contributed by atoms with E-state index >= 15 is 0 Å². The summed E-state index contributed by atoms with van der Waals surface area (Å²) in [6.45, 7) is 15.1. The Bertz CT molecular complexity index is 1340. The van der Waals surface area contributed by atoms with Crippen molar-refractivity contribution < 1.29 is 15.0 Å². The van der Waals surface area contributed by atoms with E-state index in [0.29, 0.717) is 24.8 Å². The maximum absolute atomic E-state index is 13.8. The van der Waals surface area contributed by atoms with Gasteiger partial charge in [-0.2, -0.15) is 5.10 Å². The van der Waals surface area contributed by atoms with Gasteiger partial charge in [0.2, 0.25) is 0 Å². The Morgan fingerprint density at radius 3 is 2.63 bits per heavy atom. The van der Waals surface area contributed by atoms with Crippen LogP contribution in [0.5, 0.6) is 0 Å². The summed E-state index contributed by atoms with van der Waals surface area (Å²) in [5.74, 6) is 0.807. The molecule has 0 radical (unpaired) electrons. The molecule has 7 heteroatoms. The molecular weight excluding hydrogens is 573 g/mol. The molecule has 4 fully saturated rings. The van der Waals surface area contributed by atoms with Gasteiger partial charge in [-0.3, -0.25) is 9.48 Å². The number of fused-ring (bicyclic) bond motifs is 6. The minimum absolute atomic E-state index is 0.0937. The number of thioether (sulfide) groups is 2. The fraction of sp³-hybridized carbons (Fsp3) is 0.722. The molecule has 0 aromatic carbocycles. The van der Waals surface area contributed by atoms with Crippen LogP contribution in [0.15, 0.2) is 33.1 Å². The molecule has 1 aromatic heterocycles. The van der Waals surface area contributed by atoms with Crippen molar-refractivity contribution in [1.29, 1.82) is 0 Å². The van der Waals surface area contributed by atoms with Crippen molar-refractivity contribution in [3.05, 3.63) is 44.3 Å². The van der Waals surface area contributed by atoms with E-state index in [1.54, 1.807) is 11.8 Å². The zero-order valence-electron chi connectivity index (χ0n) is 27.0. The molecule has 0 aliphatic heterocycles. The Kier molecular flexibility index (Phi) is 8.71. The van der Waals surface area contributed by atoms with E-state index in [1.807, 2.05) is 0 Å². The van der Waals surface area contributed by atoms with Gasteiger partial charge in [-0.05, 0) is 111 Å². The Labute approximate surface area is 267 Å². The lowest BCUT2D eigenvalue weighted by Gasteiger charge is -2.60. The number of hydrogen-bond donors (Lipinski definition) is 2. The van der Waals surface area contributed by atoms with Crippen molar-refractivity contribution in [3.63, 3.8) is 0 Å². The van der Waals surface area contributed by atoms with E-state index in [-0.39, 0.29) is 28.8 Å². The van der Waals surface area contributed by atoms with E-state index in [2.05, 4.69) is 58.2 Å². The van der Waals surface area contributed by atoms with Crippen molar-refractivity contribution in [2.45, 2.75) is 129 Å². The molecule has 2 N–H and O–H groups in total. The van der Waals surface area contributed by atoms with Gasteiger partial charge in [-0.15, -0.1) is 11.8 Å². The normalized spacial score (nSPS) is 37.9. The molecule has 236 valence electrons. The molecule has 5 nitrogen and oxygen atoms in total. The Morgan fingerprint density at radius 1 is 1.16 bits per heavy atom. The van der Waals surface area contributed by atoms with Crippen LogP contribution in [-0.4, -0.2) is 43.2 Å². The van der Waals surface area contributed by atoms with E-state index in [9.17, 15) is 15.0 Å². The molecule has 0 amide bonds. The number of carbonyl (C=O) groups excluding carboxylic acids is 1.